The first-order chi connectivity index (χ1) is 8.66. The predicted octanol–water partition coefficient (Wildman–Crippen LogP) is 0.679. The van der Waals surface area contributed by atoms with E-state index in [9.17, 15) is 8.42 Å². The molecule has 0 saturated carbocycles. The van der Waals surface area contributed by atoms with Gasteiger partial charge in [-0.25, -0.2) is 8.42 Å². The Bertz CT molecular complexity index is 494. The molecular formula is C12H18N2O3S. The zero-order chi connectivity index (χ0) is 13.0. The molecule has 0 spiro atoms. The van der Waals surface area contributed by atoms with Crippen LogP contribution < -0.4 is 10.1 Å². The standard InChI is InChI=1S/C12H18N2O3S/c1-17-11-5-2-3-6-12(11)18(15,16)14-9-4-7-13-8-10-14/h2-3,5-6,13H,4,7-10H2,1H3. The Kier molecular flexibility index (Phi) is 4.21. The molecule has 1 aliphatic heterocycles. The van der Waals surface area contributed by atoms with Crippen molar-refractivity contribution in [3.8, 4) is 5.75 Å². The van der Waals surface area contributed by atoms with Crippen LogP contribution in [0.1, 0.15) is 6.42 Å². The van der Waals surface area contributed by atoms with Gasteiger partial charge in [-0.2, -0.15) is 4.31 Å². The van der Waals surface area contributed by atoms with E-state index in [0.717, 1.165) is 13.0 Å². The van der Waals surface area contributed by atoms with Gasteiger partial charge in [0.2, 0.25) is 10.0 Å². The van der Waals surface area contributed by atoms with Crippen LogP contribution >= 0.6 is 0 Å². The Labute approximate surface area is 108 Å². The number of rotatable bonds is 3. The number of sulfonamides is 1. The highest BCUT2D eigenvalue weighted by molar-refractivity contribution is 7.89. The zero-order valence-electron chi connectivity index (χ0n) is 10.4. The lowest BCUT2D eigenvalue weighted by Gasteiger charge is -2.20. The molecule has 1 aromatic rings. The second-order valence-corrected chi connectivity index (χ2v) is 6.06. The van der Waals surface area contributed by atoms with Crippen molar-refractivity contribution in [1.29, 1.82) is 0 Å². The molecule has 0 aromatic heterocycles. The van der Waals surface area contributed by atoms with E-state index in [-0.39, 0.29) is 4.90 Å². The highest BCUT2D eigenvalue weighted by Gasteiger charge is 2.27. The Morgan fingerprint density at radius 1 is 1.22 bits per heavy atom. The van der Waals surface area contributed by atoms with Crippen LogP contribution in [-0.4, -0.2) is 46.0 Å². The molecule has 5 nitrogen and oxygen atoms in total. The van der Waals surface area contributed by atoms with E-state index in [1.54, 1.807) is 24.3 Å². The summed E-state index contributed by atoms with van der Waals surface area (Å²) in [4.78, 5) is 0.245. The monoisotopic (exact) mass is 270 g/mol. The van der Waals surface area contributed by atoms with Gasteiger partial charge in [-0.15, -0.1) is 0 Å². The van der Waals surface area contributed by atoms with E-state index >= 15 is 0 Å². The van der Waals surface area contributed by atoms with Crippen molar-refractivity contribution in [3.63, 3.8) is 0 Å². The average molecular weight is 270 g/mol. The first-order valence-corrected chi connectivity index (χ1v) is 7.44. The van der Waals surface area contributed by atoms with Gasteiger partial charge in [-0.3, -0.25) is 0 Å². The van der Waals surface area contributed by atoms with Crippen LogP contribution in [0.3, 0.4) is 0 Å². The minimum atomic E-state index is -3.46. The molecule has 0 atom stereocenters. The third-order valence-electron chi connectivity index (χ3n) is 2.99. The summed E-state index contributed by atoms with van der Waals surface area (Å²) < 4.78 is 31.7. The second kappa shape index (κ2) is 5.69. The fourth-order valence-electron chi connectivity index (χ4n) is 2.03. The van der Waals surface area contributed by atoms with Gasteiger partial charge in [0.1, 0.15) is 10.6 Å². The Hall–Kier alpha value is -1.11. The van der Waals surface area contributed by atoms with Gasteiger partial charge in [-0.05, 0) is 25.1 Å². The number of methoxy groups -OCH3 is 1. The summed E-state index contributed by atoms with van der Waals surface area (Å²) in [6.07, 6.45) is 0.828. The lowest BCUT2D eigenvalue weighted by atomic mass is 10.3. The molecule has 0 aliphatic carbocycles. The number of para-hydroxylation sites is 1. The lowest BCUT2D eigenvalue weighted by molar-refractivity contribution is 0.393. The summed E-state index contributed by atoms with van der Waals surface area (Å²) in [7, 11) is -1.98. The molecule has 100 valence electrons. The molecule has 1 saturated heterocycles. The maximum absolute atomic E-state index is 12.5. The first-order valence-electron chi connectivity index (χ1n) is 6.00. The van der Waals surface area contributed by atoms with Crippen LogP contribution in [0.15, 0.2) is 29.2 Å². The Balaban J connectivity index is 2.34. The van der Waals surface area contributed by atoms with Gasteiger partial charge in [0.25, 0.3) is 0 Å². The quantitative estimate of drug-likeness (QED) is 0.877. The van der Waals surface area contributed by atoms with Gasteiger partial charge in [0.15, 0.2) is 0 Å². The van der Waals surface area contributed by atoms with E-state index in [1.165, 1.54) is 11.4 Å². The van der Waals surface area contributed by atoms with Crippen LogP contribution in [0.5, 0.6) is 5.75 Å². The third kappa shape index (κ3) is 2.66. The summed E-state index contributed by atoms with van der Waals surface area (Å²) >= 11 is 0. The van der Waals surface area contributed by atoms with Crippen molar-refractivity contribution >= 4 is 10.0 Å². The van der Waals surface area contributed by atoms with Crippen molar-refractivity contribution in [2.45, 2.75) is 11.3 Å². The topological polar surface area (TPSA) is 58.6 Å². The normalized spacial score (nSPS) is 18.3. The molecule has 1 aromatic carbocycles. The molecule has 0 radical (unpaired) electrons. The molecular weight excluding hydrogens is 252 g/mol. The van der Waals surface area contributed by atoms with Crippen LogP contribution in [0.4, 0.5) is 0 Å². The molecule has 2 rings (SSSR count). The molecule has 6 heteroatoms. The number of nitrogens with zero attached hydrogens (tertiary/aromatic N) is 1. The molecule has 0 unspecified atom stereocenters. The first kappa shape index (κ1) is 13.3. The van der Waals surface area contributed by atoms with Crippen LogP contribution in [0, 0.1) is 0 Å². The lowest BCUT2D eigenvalue weighted by Crippen LogP contribution is -2.34. The Morgan fingerprint density at radius 3 is 2.78 bits per heavy atom. The third-order valence-corrected chi connectivity index (χ3v) is 4.92. The minimum Gasteiger partial charge on any atom is -0.495 e. The maximum Gasteiger partial charge on any atom is 0.246 e. The van der Waals surface area contributed by atoms with Crippen LogP contribution in [0.25, 0.3) is 0 Å². The van der Waals surface area contributed by atoms with Crippen molar-refractivity contribution in [1.82, 2.24) is 9.62 Å². The van der Waals surface area contributed by atoms with Gasteiger partial charge in [0.05, 0.1) is 7.11 Å². The largest absolute Gasteiger partial charge is 0.495 e. The summed E-state index contributed by atoms with van der Waals surface area (Å²) in [6.45, 7) is 2.60. The highest BCUT2D eigenvalue weighted by atomic mass is 32.2. The molecule has 1 aliphatic rings. The molecule has 1 heterocycles. The molecule has 0 bridgehead atoms. The highest BCUT2D eigenvalue weighted by Crippen LogP contribution is 2.26. The second-order valence-electron chi connectivity index (χ2n) is 4.16. The molecule has 0 amide bonds. The summed E-state index contributed by atoms with van der Waals surface area (Å²) in [5.41, 5.74) is 0. The smallest absolute Gasteiger partial charge is 0.246 e. The van der Waals surface area contributed by atoms with Crippen molar-refractivity contribution in [2.75, 3.05) is 33.3 Å². The van der Waals surface area contributed by atoms with Gasteiger partial charge in [-0.1, -0.05) is 12.1 Å². The number of benzene rings is 1. The summed E-state index contributed by atoms with van der Waals surface area (Å²) in [5, 5.41) is 3.19. The number of nitrogens with one attached hydrogen (secondary N) is 1. The number of hydrogen-bond donors (Lipinski definition) is 1. The SMILES string of the molecule is COc1ccccc1S(=O)(=O)N1CCCNCC1. The van der Waals surface area contributed by atoms with Crippen LogP contribution in [0.2, 0.25) is 0 Å². The maximum atomic E-state index is 12.5. The number of hydrogen-bond acceptors (Lipinski definition) is 4. The molecule has 1 fully saturated rings. The summed E-state index contributed by atoms with van der Waals surface area (Å²) in [5.74, 6) is 0.398. The number of ether oxygens (including phenoxy) is 1. The van der Waals surface area contributed by atoms with Crippen molar-refractivity contribution in [2.24, 2.45) is 0 Å². The predicted molar refractivity (Wildman–Crippen MR) is 69.2 cm³/mol. The van der Waals surface area contributed by atoms with E-state index < -0.39 is 10.0 Å². The average Bonchev–Trinajstić information content (AvgIpc) is 2.68. The zero-order valence-corrected chi connectivity index (χ0v) is 11.2. The van der Waals surface area contributed by atoms with Gasteiger partial charge in [0, 0.05) is 19.6 Å². The van der Waals surface area contributed by atoms with E-state index in [0.29, 0.717) is 25.4 Å². The van der Waals surface area contributed by atoms with Crippen molar-refractivity contribution < 1.29 is 13.2 Å². The van der Waals surface area contributed by atoms with Crippen molar-refractivity contribution in [3.05, 3.63) is 24.3 Å². The van der Waals surface area contributed by atoms with Gasteiger partial charge >= 0.3 is 0 Å². The van der Waals surface area contributed by atoms with Gasteiger partial charge < -0.3 is 10.1 Å². The molecule has 18 heavy (non-hydrogen) atoms. The van der Waals surface area contributed by atoms with Crippen LogP contribution in [-0.2, 0) is 10.0 Å². The Morgan fingerprint density at radius 2 is 2.00 bits per heavy atom. The van der Waals surface area contributed by atoms with E-state index in [2.05, 4.69) is 5.32 Å². The fourth-order valence-corrected chi connectivity index (χ4v) is 3.67. The van der Waals surface area contributed by atoms with E-state index in [1.807, 2.05) is 0 Å². The minimum absolute atomic E-state index is 0.245. The molecule has 1 N–H and O–H groups in total. The van der Waals surface area contributed by atoms with E-state index in [4.69, 9.17) is 4.74 Å². The summed E-state index contributed by atoms with van der Waals surface area (Å²) in [6, 6.07) is 6.74. The fraction of sp³-hybridized carbons (Fsp3) is 0.500.